The third-order valence-corrected chi connectivity index (χ3v) is 5.02. The summed E-state index contributed by atoms with van der Waals surface area (Å²) in [4.78, 5) is 29.1. The lowest BCUT2D eigenvalue weighted by molar-refractivity contribution is -0.137. The number of para-hydroxylation sites is 1. The number of rotatable bonds is 4. The first-order valence-electron chi connectivity index (χ1n) is 7.49. The van der Waals surface area contributed by atoms with E-state index in [2.05, 4.69) is 9.72 Å². The van der Waals surface area contributed by atoms with Crippen LogP contribution in [0.25, 0.3) is 16.6 Å². The Morgan fingerprint density at radius 3 is 2.76 bits per heavy atom. The zero-order valence-corrected chi connectivity index (χ0v) is 15.2. The molecule has 7 heteroatoms. The van der Waals surface area contributed by atoms with E-state index in [1.807, 2.05) is 19.1 Å². The molecule has 0 saturated carbocycles. The minimum absolute atomic E-state index is 0.0564. The van der Waals surface area contributed by atoms with Crippen LogP contribution in [-0.2, 0) is 9.53 Å². The molecular formula is C18H15ClN2O3S. The minimum Gasteiger partial charge on any atom is -0.468 e. The number of methoxy groups -OCH3 is 1. The van der Waals surface area contributed by atoms with Gasteiger partial charge in [-0.2, -0.15) is 0 Å². The van der Waals surface area contributed by atoms with Gasteiger partial charge >= 0.3 is 5.97 Å². The van der Waals surface area contributed by atoms with Crippen molar-refractivity contribution in [3.63, 3.8) is 0 Å². The number of ether oxygens (including phenoxy) is 1. The third kappa shape index (κ3) is 3.55. The number of halogens is 1. The van der Waals surface area contributed by atoms with Gasteiger partial charge in [0, 0.05) is 5.02 Å². The normalized spacial score (nSPS) is 10.8. The highest BCUT2D eigenvalue weighted by atomic mass is 35.5. The van der Waals surface area contributed by atoms with Crippen molar-refractivity contribution < 1.29 is 9.53 Å². The van der Waals surface area contributed by atoms with Crippen molar-refractivity contribution in [2.75, 3.05) is 12.9 Å². The quantitative estimate of drug-likeness (QED) is 0.396. The number of carbonyl (C=O) groups is 1. The summed E-state index contributed by atoms with van der Waals surface area (Å²) in [6.07, 6.45) is 0. The van der Waals surface area contributed by atoms with E-state index in [0.29, 0.717) is 26.8 Å². The van der Waals surface area contributed by atoms with Crippen LogP contribution in [0.3, 0.4) is 0 Å². The molecule has 0 saturated heterocycles. The first kappa shape index (κ1) is 17.5. The fourth-order valence-corrected chi connectivity index (χ4v) is 3.36. The molecular weight excluding hydrogens is 360 g/mol. The largest absolute Gasteiger partial charge is 0.468 e. The van der Waals surface area contributed by atoms with Crippen LogP contribution in [-0.4, -0.2) is 28.4 Å². The van der Waals surface area contributed by atoms with Crippen LogP contribution >= 0.6 is 23.4 Å². The van der Waals surface area contributed by atoms with Crippen molar-refractivity contribution in [3.8, 4) is 5.69 Å². The Balaban J connectivity index is 2.22. The molecule has 0 radical (unpaired) electrons. The monoisotopic (exact) mass is 374 g/mol. The lowest BCUT2D eigenvalue weighted by Gasteiger charge is -2.13. The van der Waals surface area contributed by atoms with Gasteiger partial charge < -0.3 is 4.74 Å². The van der Waals surface area contributed by atoms with E-state index in [9.17, 15) is 9.59 Å². The number of aryl methyl sites for hydroxylation is 1. The van der Waals surface area contributed by atoms with Crippen molar-refractivity contribution in [2.45, 2.75) is 12.1 Å². The summed E-state index contributed by atoms with van der Waals surface area (Å²) in [6.45, 7) is 1.89. The predicted molar refractivity (Wildman–Crippen MR) is 99.8 cm³/mol. The highest BCUT2D eigenvalue weighted by Crippen LogP contribution is 2.24. The maximum absolute atomic E-state index is 13.0. The van der Waals surface area contributed by atoms with Gasteiger partial charge in [0.25, 0.3) is 5.56 Å². The van der Waals surface area contributed by atoms with E-state index in [1.165, 1.54) is 11.7 Å². The van der Waals surface area contributed by atoms with E-state index in [0.717, 1.165) is 17.3 Å². The molecule has 1 heterocycles. The van der Waals surface area contributed by atoms with Gasteiger partial charge in [0.1, 0.15) is 0 Å². The number of aromatic nitrogens is 2. The summed E-state index contributed by atoms with van der Waals surface area (Å²) in [6, 6.07) is 12.5. The van der Waals surface area contributed by atoms with Gasteiger partial charge in [-0.1, -0.05) is 41.6 Å². The molecule has 0 unspecified atom stereocenters. The van der Waals surface area contributed by atoms with Crippen molar-refractivity contribution in [2.24, 2.45) is 0 Å². The van der Waals surface area contributed by atoms with Crippen molar-refractivity contribution >= 4 is 40.2 Å². The van der Waals surface area contributed by atoms with Crippen LogP contribution < -0.4 is 5.56 Å². The topological polar surface area (TPSA) is 61.2 Å². The molecule has 0 aliphatic carbocycles. The highest BCUT2D eigenvalue weighted by Gasteiger charge is 2.15. The fraction of sp³-hybridized carbons (Fsp3) is 0.167. The lowest BCUT2D eigenvalue weighted by atomic mass is 10.2. The summed E-state index contributed by atoms with van der Waals surface area (Å²) >= 11 is 7.37. The Kier molecular flexibility index (Phi) is 5.11. The van der Waals surface area contributed by atoms with Crippen LogP contribution in [0.1, 0.15) is 5.56 Å². The fourth-order valence-electron chi connectivity index (χ4n) is 2.34. The Bertz CT molecular complexity index is 1020. The maximum atomic E-state index is 13.0. The molecule has 0 aliphatic heterocycles. The summed E-state index contributed by atoms with van der Waals surface area (Å²) in [5.74, 6) is -0.332. The molecule has 0 fully saturated rings. The van der Waals surface area contributed by atoms with Crippen LogP contribution in [0.15, 0.2) is 52.4 Å². The van der Waals surface area contributed by atoms with Gasteiger partial charge in [0.15, 0.2) is 5.16 Å². The number of benzene rings is 2. The van der Waals surface area contributed by atoms with Gasteiger partial charge in [-0.05, 0) is 36.8 Å². The van der Waals surface area contributed by atoms with Crippen molar-refractivity contribution in [1.82, 2.24) is 9.55 Å². The zero-order chi connectivity index (χ0) is 18.0. The second-order valence-electron chi connectivity index (χ2n) is 5.35. The molecule has 0 bridgehead atoms. The Morgan fingerprint density at radius 2 is 2.04 bits per heavy atom. The van der Waals surface area contributed by atoms with Crippen molar-refractivity contribution in [1.29, 1.82) is 0 Å². The van der Waals surface area contributed by atoms with E-state index >= 15 is 0 Å². The molecule has 5 nitrogen and oxygen atoms in total. The number of fused-ring (bicyclic) bond motifs is 1. The number of hydrogen-bond acceptors (Lipinski definition) is 5. The molecule has 0 amide bonds. The molecule has 25 heavy (non-hydrogen) atoms. The maximum Gasteiger partial charge on any atom is 0.316 e. The summed E-state index contributed by atoms with van der Waals surface area (Å²) in [5, 5.41) is 1.47. The SMILES string of the molecule is COC(=O)CSc1nc2ccccc2c(=O)n1-c1ccc(C)c(Cl)c1. The van der Waals surface area contributed by atoms with Crippen LogP contribution in [0.4, 0.5) is 0 Å². The average Bonchev–Trinajstić information content (AvgIpc) is 2.62. The molecule has 0 atom stereocenters. The van der Waals surface area contributed by atoms with Gasteiger partial charge in [-0.3, -0.25) is 14.2 Å². The number of thioether (sulfide) groups is 1. The first-order valence-corrected chi connectivity index (χ1v) is 8.85. The van der Waals surface area contributed by atoms with E-state index in [-0.39, 0.29) is 17.3 Å². The molecule has 128 valence electrons. The second-order valence-corrected chi connectivity index (χ2v) is 6.70. The minimum atomic E-state index is -0.388. The van der Waals surface area contributed by atoms with Gasteiger partial charge in [0.05, 0.1) is 29.5 Å². The van der Waals surface area contributed by atoms with E-state index in [1.54, 1.807) is 30.3 Å². The number of nitrogens with zero attached hydrogens (tertiary/aromatic N) is 2. The van der Waals surface area contributed by atoms with Gasteiger partial charge in [-0.15, -0.1) is 0 Å². The Hall–Kier alpha value is -2.31. The van der Waals surface area contributed by atoms with E-state index < -0.39 is 0 Å². The second kappa shape index (κ2) is 7.29. The molecule has 3 rings (SSSR count). The van der Waals surface area contributed by atoms with Crippen LogP contribution in [0.5, 0.6) is 0 Å². The van der Waals surface area contributed by atoms with Crippen LogP contribution in [0, 0.1) is 6.92 Å². The molecule has 0 spiro atoms. The molecule has 2 aromatic carbocycles. The standard InChI is InChI=1S/C18H15ClN2O3S/c1-11-7-8-12(9-14(11)19)21-17(23)13-5-3-4-6-15(13)20-18(21)25-10-16(22)24-2/h3-9H,10H2,1-2H3. The zero-order valence-electron chi connectivity index (χ0n) is 13.7. The summed E-state index contributed by atoms with van der Waals surface area (Å²) in [7, 11) is 1.32. The summed E-state index contributed by atoms with van der Waals surface area (Å²) < 4.78 is 6.15. The number of esters is 1. The van der Waals surface area contributed by atoms with Gasteiger partial charge in [-0.25, -0.2) is 4.98 Å². The Labute approximate surface area is 153 Å². The molecule has 0 N–H and O–H groups in total. The molecule has 1 aromatic heterocycles. The number of hydrogen-bond donors (Lipinski definition) is 0. The smallest absolute Gasteiger partial charge is 0.316 e. The molecule has 3 aromatic rings. The Morgan fingerprint density at radius 1 is 1.28 bits per heavy atom. The summed E-state index contributed by atoms with van der Waals surface area (Å²) in [5.41, 5.74) is 1.88. The van der Waals surface area contributed by atoms with Crippen molar-refractivity contribution in [3.05, 3.63) is 63.4 Å². The lowest BCUT2D eigenvalue weighted by Crippen LogP contribution is -2.22. The third-order valence-electron chi connectivity index (χ3n) is 3.71. The van der Waals surface area contributed by atoms with E-state index in [4.69, 9.17) is 11.6 Å². The first-order chi connectivity index (χ1) is 12.0. The van der Waals surface area contributed by atoms with Gasteiger partial charge in [0.2, 0.25) is 0 Å². The predicted octanol–water partition coefficient (Wildman–Crippen LogP) is 3.61. The van der Waals surface area contributed by atoms with Crippen LogP contribution in [0.2, 0.25) is 5.02 Å². The number of carbonyl (C=O) groups excluding carboxylic acids is 1. The average molecular weight is 375 g/mol. The molecule has 0 aliphatic rings. The highest BCUT2D eigenvalue weighted by molar-refractivity contribution is 7.99.